The first-order chi connectivity index (χ1) is 9.80. The minimum absolute atomic E-state index is 0. The summed E-state index contributed by atoms with van der Waals surface area (Å²) < 4.78 is 40.3. The second-order valence-corrected chi connectivity index (χ2v) is 5.55. The zero-order chi connectivity index (χ0) is 15.6. The maximum atomic E-state index is 13.4. The minimum Gasteiger partial charge on any atom is -0.314 e. The van der Waals surface area contributed by atoms with Crippen LogP contribution in [0.25, 0.3) is 0 Å². The van der Waals surface area contributed by atoms with Crippen molar-refractivity contribution >= 4 is 46.4 Å². The number of benzene rings is 1. The van der Waals surface area contributed by atoms with Crippen molar-refractivity contribution in [3.05, 3.63) is 38.3 Å². The molecule has 0 aromatic heterocycles. The van der Waals surface area contributed by atoms with Crippen LogP contribution in [0.1, 0.15) is 11.6 Å². The minimum atomic E-state index is -4.49. The average molecular weight is 441 g/mol. The van der Waals surface area contributed by atoms with Crippen molar-refractivity contribution in [1.29, 1.82) is 0 Å². The van der Waals surface area contributed by atoms with E-state index in [0.29, 0.717) is 13.1 Å². The van der Waals surface area contributed by atoms with Crippen LogP contribution >= 0.6 is 40.7 Å². The first-order valence-electron chi connectivity index (χ1n) is 6.26. The standard InChI is InChI=1S/C12H13BrF3N3O2.2ClH/c13-9-2-1-8(7-10(9)19(20)21)11(12(14,15)16)18-5-3-17-4-6-18;;/h1-2,7,11,17H,3-6H2;2*1H/t11-;;/m0../s1. The fourth-order valence-corrected chi connectivity index (χ4v) is 2.78. The fraction of sp³-hybridized carbons (Fsp3) is 0.500. The highest BCUT2D eigenvalue weighted by atomic mass is 79.9. The quantitative estimate of drug-likeness (QED) is 0.575. The van der Waals surface area contributed by atoms with Gasteiger partial charge in [-0.25, -0.2) is 0 Å². The third-order valence-electron chi connectivity index (χ3n) is 3.31. The van der Waals surface area contributed by atoms with E-state index in [0.717, 1.165) is 6.07 Å². The normalized spacial score (nSPS) is 16.9. The van der Waals surface area contributed by atoms with Crippen molar-refractivity contribution in [2.45, 2.75) is 12.2 Å². The van der Waals surface area contributed by atoms with Gasteiger partial charge in [0.2, 0.25) is 0 Å². The first-order valence-corrected chi connectivity index (χ1v) is 7.05. The van der Waals surface area contributed by atoms with Gasteiger partial charge >= 0.3 is 6.18 Å². The van der Waals surface area contributed by atoms with Crippen LogP contribution in [0.3, 0.4) is 0 Å². The lowest BCUT2D eigenvalue weighted by Gasteiger charge is -2.36. The summed E-state index contributed by atoms with van der Waals surface area (Å²) in [6.07, 6.45) is -4.49. The number of hydrogen-bond donors (Lipinski definition) is 1. The molecule has 0 aliphatic carbocycles. The molecule has 11 heteroatoms. The van der Waals surface area contributed by atoms with E-state index in [4.69, 9.17) is 0 Å². The van der Waals surface area contributed by atoms with E-state index in [1.807, 2.05) is 0 Å². The molecule has 0 amide bonds. The van der Waals surface area contributed by atoms with Crippen LogP contribution in [0, 0.1) is 10.1 Å². The Morgan fingerprint density at radius 3 is 2.30 bits per heavy atom. The summed E-state index contributed by atoms with van der Waals surface area (Å²) in [6.45, 7) is 1.42. The average Bonchev–Trinajstić information content (AvgIpc) is 2.40. The Hall–Kier alpha value is -0.610. The molecule has 23 heavy (non-hydrogen) atoms. The van der Waals surface area contributed by atoms with Gasteiger partial charge in [-0.15, -0.1) is 24.8 Å². The van der Waals surface area contributed by atoms with Crippen molar-refractivity contribution < 1.29 is 18.1 Å². The molecule has 0 bridgehead atoms. The van der Waals surface area contributed by atoms with Crippen molar-refractivity contribution in [3.63, 3.8) is 0 Å². The number of nitrogens with zero attached hydrogens (tertiary/aromatic N) is 2. The Balaban J connectivity index is 0.00000242. The lowest BCUT2D eigenvalue weighted by Crippen LogP contribution is -2.49. The largest absolute Gasteiger partial charge is 0.408 e. The summed E-state index contributed by atoms with van der Waals surface area (Å²) in [5.41, 5.74) is -0.476. The summed E-state index contributed by atoms with van der Waals surface area (Å²) in [5, 5.41) is 13.9. The van der Waals surface area contributed by atoms with Crippen LogP contribution in [-0.2, 0) is 0 Å². The molecule has 1 aliphatic heterocycles. The van der Waals surface area contributed by atoms with Crippen molar-refractivity contribution in [2.75, 3.05) is 26.2 Å². The van der Waals surface area contributed by atoms with Crippen LogP contribution in [0.4, 0.5) is 18.9 Å². The molecule has 0 unspecified atom stereocenters. The predicted molar refractivity (Wildman–Crippen MR) is 88.5 cm³/mol. The zero-order valence-electron chi connectivity index (χ0n) is 11.7. The Morgan fingerprint density at radius 2 is 1.83 bits per heavy atom. The van der Waals surface area contributed by atoms with E-state index in [9.17, 15) is 23.3 Å². The number of nitro groups is 1. The first kappa shape index (κ1) is 22.4. The Labute approximate surface area is 151 Å². The van der Waals surface area contributed by atoms with Crippen molar-refractivity contribution in [1.82, 2.24) is 10.2 Å². The maximum absolute atomic E-state index is 13.4. The summed E-state index contributed by atoms with van der Waals surface area (Å²) in [4.78, 5) is 11.5. The second kappa shape index (κ2) is 9.03. The van der Waals surface area contributed by atoms with Crippen molar-refractivity contribution in [2.24, 2.45) is 0 Å². The molecular formula is C12H15BrCl2F3N3O2. The smallest absolute Gasteiger partial charge is 0.314 e. The number of halogens is 6. The van der Waals surface area contributed by atoms with Gasteiger partial charge in [0.25, 0.3) is 5.69 Å². The van der Waals surface area contributed by atoms with Gasteiger partial charge in [-0.1, -0.05) is 6.07 Å². The third kappa shape index (κ3) is 5.46. The number of rotatable bonds is 3. The highest BCUT2D eigenvalue weighted by Crippen LogP contribution is 2.40. The molecule has 1 aromatic carbocycles. The number of nitrogens with one attached hydrogen (secondary N) is 1. The molecule has 1 atom stereocenters. The van der Waals surface area contributed by atoms with E-state index in [1.54, 1.807) is 0 Å². The molecule has 1 heterocycles. The van der Waals surface area contributed by atoms with Crippen LogP contribution in [0.15, 0.2) is 22.7 Å². The van der Waals surface area contributed by atoms with Gasteiger partial charge in [0, 0.05) is 32.2 Å². The van der Waals surface area contributed by atoms with Crippen LogP contribution in [0.5, 0.6) is 0 Å². The summed E-state index contributed by atoms with van der Waals surface area (Å²) in [5.74, 6) is 0. The Bertz CT molecular complexity index is 543. The number of hydrogen-bond acceptors (Lipinski definition) is 4. The van der Waals surface area contributed by atoms with Crippen molar-refractivity contribution in [3.8, 4) is 0 Å². The molecule has 1 aliphatic rings. The van der Waals surface area contributed by atoms with Gasteiger partial charge in [-0.05, 0) is 27.6 Å². The molecule has 0 spiro atoms. The number of piperazine rings is 1. The molecule has 1 N–H and O–H groups in total. The van der Waals surface area contributed by atoms with Gasteiger partial charge < -0.3 is 5.32 Å². The molecule has 5 nitrogen and oxygen atoms in total. The van der Waals surface area contributed by atoms with E-state index < -0.39 is 17.1 Å². The van der Waals surface area contributed by atoms with Crippen LogP contribution in [0.2, 0.25) is 0 Å². The van der Waals surface area contributed by atoms with Gasteiger partial charge in [0.1, 0.15) is 6.04 Å². The lowest BCUT2D eigenvalue weighted by atomic mass is 10.0. The molecule has 1 aromatic rings. The van der Waals surface area contributed by atoms with Gasteiger partial charge in [-0.2, -0.15) is 13.2 Å². The summed E-state index contributed by atoms with van der Waals surface area (Å²) >= 11 is 2.98. The summed E-state index contributed by atoms with van der Waals surface area (Å²) in [7, 11) is 0. The Morgan fingerprint density at radius 1 is 1.26 bits per heavy atom. The van der Waals surface area contributed by atoms with Gasteiger partial charge in [0.05, 0.1) is 9.40 Å². The highest BCUT2D eigenvalue weighted by molar-refractivity contribution is 9.10. The molecule has 1 fully saturated rings. The molecule has 1 saturated heterocycles. The molecule has 132 valence electrons. The third-order valence-corrected chi connectivity index (χ3v) is 3.98. The van der Waals surface area contributed by atoms with E-state index in [1.165, 1.54) is 17.0 Å². The number of nitro benzene ring substituents is 1. The molecule has 0 saturated carbocycles. The lowest BCUT2D eigenvalue weighted by molar-refractivity contribution is -0.385. The molecule has 0 radical (unpaired) electrons. The summed E-state index contributed by atoms with van der Waals surface area (Å²) in [6, 6.07) is 1.72. The Kier molecular flexibility index (Phi) is 8.79. The van der Waals surface area contributed by atoms with Gasteiger partial charge in [0.15, 0.2) is 0 Å². The maximum Gasteiger partial charge on any atom is 0.408 e. The number of alkyl halides is 3. The molecule has 2 rings (SSSR count). The SMILES string of the molecule is Cl.Cl.O=[N+]([O-])c1cc([C@H](N2CCNCC2)C(F)(F)F)ccc1Br. The van der Waals surface area contributed by atoms with E-state index >= 15 is 0 Å². The molecular weight excluding hydrogens is 426 g/mol. The van der Waals surface area contributed by atoms with E-state index in [-0.39, 0.29) is 53.6 Å². The van der Waals surface area contributed by atoms with E-state index in [2.05, 4.69) is 21.2 Å². The second-order valence-electron chi connectivity index (χ2n) is 4.70. The zero-order valence-corrected chi connectivity index (χ0v) is 14.9. The van der Waals surface area contributed by atoms with Crippen LogP contribution in [-0.4, -0.2) is 42.2 Å². The topological polar surface area (TPSA) is 58.4 Å². The van der Waals surface area contributed by atoms with Crippen LogP contribution < -0.4 is 5.32 Å². The fourth-order valence-electron chi connectivity index (χ4n) is 2.39. The van der Waals surface area contributed by atoms with Gasteiger partial charge in [-0.3, -0.25) is 15.0 Å². The predicted octanol–water partition coefficient (Wildman–Crippen LogP) is 3.71. The highest BCUT2D eigenvalue weighted by Gasteiger charge is 2.45. The monoisotopic (exact) mass is 439 g/mol.